The van der Waals surface area contributed by atoms with E-state index in [0.717, 1.165) is 10.6 Å². The van der Waals surface area contributed by atoms with E-state index in [0.29, 0.717) is 11.4 Å². The maximum atomic E-state index is 14.0. The van der Waals surface area contributed by atoms with Crippen LogP contribution in [-0.4, -0.2) is 23.4 Å². The van der Waals surface area contributed by atoms with Gasteiger partial charge in [0.1, 0.15) is 18.1 Å². The average molecular weight is 455 g/mol. The van der Waals surface area contributed by atoms with Gasteiger partial charge in [0.05, 0.1) is 23.2 Å². The molecular formula is C23H16ClFN2O5. The molecule has 0 unspecified atom stereocenters. The van der Waals surface area contributed by atoms with Gasteiger partial charge in [0, 0.05) is 11.3 Å². The standard InChI is InChI=1S/C23H16ClFN2O5/c1-31-14-8-6-13(7-9-14)26-21(28)12-27-19-11-17(24)16(10-20(19)32-23(27)30)22(29)15-4-2-3-5-18(15)25/h2-11H,12H2,1H3,(H,26,28). The van der Waals surface area contributed by atoms with E-state index in [1.807, 2.05) is 0 Å². The molecule has 4 rings (SSSR count). The summed E-state index contributed by atoms with van der Waals surface area (Å²) in [4.78, 5) is 37.5. The minimum Gasteiger partial charge on any atom is -0.497 e. The van der Waals surface area contributed by atoms with Crippen LogP contribution in [0.4, 0.5) is 10.1 Å². The van der Waals surface area contributed by atoms with E-state index in [-0.39, 0.29) is 33.8 Å². The average Bonchev–Trinajstić information content (AvgIpc) is 3.07. The Hall–Kier alpha value is -3.91. The van der Waals surface area contributed by atoms with Crippen LogP contribution in [0, 0.1) is 5.82 Å². The minimum atomic E-state index is -0.795. The van der Waals surface area contributed by atoms with Crippen LogP contribution in [0.5, 0.6) is 5.75 Å². The van der Waals surface area contributed by atoms with Gasteiger partial charge in [0.25, 0.3) is 0 Å². The maximum absolute atomic E-state index is 14.0. The quantitative estimate of drug-likeness (QED) is 0.439. The summed E-state index contributed by atoms with van der Waals surface area (Å²) in [6.07, 6.45) is 0. The fraction of sp³-hybridized carbons (Fsp3) is 0.0870. The number of carbonyl (C=O) groups excluding carboxylic acids is 2. The number of nitrogens with zero attached hydrogens (tertiary/aromatic N) is 1. The second-order valence-electron chi connectivity index (χ2n) is 6.84. The van der Waals surface area contributed by atoms with Gasteiger partial charge in [-0.1, -0.05) is 23.7 Å². The number of nitrogens with one attached hydrogen (secondary N) is 1. The van der Waals surface area contributed by atoms with E-state index in [1.165, 1.54) is 37.4 Å². The van der Waals surface area contributed by atoms with Gasteiger partial charge >= 0.3 is 5.76 Å². The number of fused-ring (bicyclic) bond motifs is 1. The third-order valence-corrected chi connectivity index (χ3v) is 5.11. The van der Waals surface area contributed by atoms with Crippen molar-refractivity contribution in [1.82, 2.24) is 4.57 Å². The number of anilines is 1. The number of ether oxygens (including phenoxy) is 1. The number of oxazole rings is 1. The first-order chi connectivity index (χ1) is 15.4. The molecule has 0 aliphatic heterocycles. The minimum absolute atomic E-state index is 0.00383. The molecule has 3 aromatic carbocycles. The number of rotatable bonds is 6. The topological polar surface area (TPSA) is 90.5 Å². The van der Waals surface area contributed by atoms with Crippen LogP contribution >= 0.6 is 11.6 Å². The maximum Gasteiger partial charge on any atom is 0.420 e. The summed E-state index contributed by atoms with van der Waals surface area (Å²) in [6.45, 7) is -0.338. The Kier molecular flexibility index (Phi) is 5.79. The lowest BCUT2D eigenvalue weighted by Crippen LogP contribution is -2.24. The highest BCUT2D eigenvalue weighted by molar-refractivity contribution is 6.35. The summed E-state index contributed by atoms with van der Waals surface area (Å²) in [5, 5.41) is 2.67. The van der Waals surface area contributed by atoms with E-state index < -0.39 is 23.3 Å². The third-order valence-electron chi connectivity index (χ3n) is 4.80. The molecule has 0 saturated carbocycles. The normalized spacial score (nSPS) is 10.8. The molecule has 4 aromatic rings. The van der Waals surface area contributed by atoms with Crippen LogP contribution in [-0.2, 0) is 11.3 Å². The summed E-state index contributed by atoms with van der Waals surface area (Å²) < 4.78 is 25.4. The molecular weight excluding hydrogens is 439 g/mol. The van der Waals surface area contributed by atoms with Crippen molar-refractivity contribution < 1.29 is 23.1 Å². The fourth-order valence-electron chi connectivity index (χ4n) is 3.22. The highest BCUT2D eigenvalue weighted by Crippen LogP contribution is 2.27. The molecule has 0 fully saturated rings. The predicted molar refractivity (Wildman–Crippen MR) is 117 cm³/mol. The highest BCUT2D eigenvalue weighted by atomic mass is 35.5. The predicted octanol–water partition coefficient (Wildman–Crippen LogP) is 4.27. The molecule has 7 nitrogen and oxygen atoms in total. The van der Waals surface area contributed by atoms with E-state index in [1.54, 1.807) is 24.3 Å². The molecule has 0 saturated heterocycles. The smallest absolute Gasteiger partial charge is 0.420 e. The van der Waals surface area contributed by atoms with Gasteiger partial charge in [-0.05, 0) is 48.5 Å². The molecule has 0 spiro atoms. The number of ketones is 1. The Morgan fingerprint density at radius 2 is 1.81 bits per heavy atom. The number of benzene rings is 3. The summed E-state index contributed by atoms with van der Waals surface area (Å²) in [6, 6.07) is 14.8. The first kappa shape index (κ1) is 21.3. The van der Waals surface area contributed by atoms with Crippen molar-refractivity contribution in [1.29, 1.82) is 0 Å². The second kappa shape index (κ2) is 8.68. The monoisotopic (exact) mass is 454 g/mol. The fourth-order valence-corrected chi connectivity index (χ4v) is 3.46. The lowest BCUT2D eigenvalue weighted by atomic mass is 10.0. The number of hydrogen-bond donors (Lipinski definition) is 1. The zero-order valence-corrected chi connectivity index (χ0v) is 17.5. The molecule has 9 heteroatoms. The Morgan fingerprint density at radius 1 is 1.09 bits per heavy atom. The zero-order chi connectivity index (χ0) is 22.8. The van der Waals surface area contributed by atoms with Crippen molar-refractivity contribution in [3.05, 3.63) is 93.2 Å². The second-order valence-corrected chi connectivity index (χ2v) is 7.25. The molecule has 0 bridgehead atoms. The Balaban J connectivity index is 1.62. The highest BCUT2D eigenvalue weighted by Gasteiger charge is 2.21. The first-order valence-electron chi connectivity index (χ1n) is 9.43. The van der Waals surface area contributed by atoms with Crippen molar-refractivity contribution in [2.24, 2.45) is 0 Å². The molecule has 0 aliphatic rings. The molecule has 32 heavy (non-hydrogen) atoms. The van der Waals surface area contributed by atoms with Gasteiger partial charge in [-0.15, -0.1) is 0 Å². The Labute approximate surface area is 186 Å². The number of aromatic nitrogens is 1. The largest absolute Gasteiger partial charge is 0.497 e. The van der Waals surface area contributed by atoms with Gasteiger partial charge < -0.3 is 14.5 Å². The van der Waals surface area contributed by atoms with Crippen LogP contribution in [0.3, 0.4) is 0 Å². The molecule has 1 heterocycles. The van der Waals surface area contributed by atoms with Crippen molar-refractivity contribution >= 4 is 40.1 Å². The molecule has 0 radical (unpaired) electrons. The summed E-state index contributed by atoms with van der Waals surface area (Å²) in [5.41, 5.74) is 0.626. The van der Waals surface area contributed by atoms with Crippen molar-refractivity contribution in [2.45, 2.75) is 6.54 Å². The van der Waals surface area contributed by atoms with E-state index in [4.69, 9.17) is 20.8 Å². The first-order valence-corrected chi connectivity index (χ1v) is 9.81. The lowest BCUT2D eigenvalue weighted by Gasteiger charge is -2.08. The van der Waals surface area contributed by atoms with E-state index in [2.05, 4.69) is 5.32 Å². The van der Waals surface area contributed by atoms with E-state index in [9.17, 15) is 18.8 Å². The molecule has 1 amide bonds. The van der Waals surface area contributed by atoms with Crippen molar-refractivity contribution in [3.8, 4) is 5.75 Å². The molecule has 1 aromatic heterocycles. The van der Waals surface area contributed by atoms with Gasteiger partial charge in [-0.25, -0.2) is 9.18 Å². The summed E-state index contributed by atoms with van der Waals surface area (Å²) in [5.74, 6) is -1.97. The Morgan fingerprint density at radius 3 is 2.50 bits per heavy atom. The lowest BCUT2D eigenvalue weighted by molar-refractivity contribution is -0.116. The summed E-state index contributed by atoms with van der Waals surface area (Å²) in [7, 11) is 1.53. The van der Waals surface area contributed by atoms with Crippen LogP contribution in [0.15, 0.2) is 69.9 Å². The number of hydrogen-bond acceptors (Lipinski definition) is 5. The van der Waals surface area contributed by atoms with Crippen LogP contribution in [0.25, 0.3) is 11.1 Å². The summed E-state index contributed by atoms with van der Waals surface area (Å²) >= 11 is 6.26. The number of amides is 1. The molecule has 162 valence electrons. The number of halogens is 2. The van der Waals surface area contributed by atoms with Gasteiger partial charge in [0.2, 0.25) is 5.91 Å². The van der Waals surface area contributed by atoms with E-state index >= 15 is 0 Å². The third kappa shape index (κ3) is 4.13. The number of methoxy groups -OCH3 is 1. The van der Waals surface area contributed by atoms with Crippen molar-refractivity contribution in [2.75, 3.05) is 12.4 Å². The van der Waals surface area contributed by atoms with Crippen LogP contribution < -0.4 is 15.8 Å². The Bertz CT molecular complexity index is 1390. The molecule has 1 N–H and O–H groups in total. The molecule has 0 aliphatic carbocycles. The van der Waals surface area contributed by atoms with Crippen LogP contribution in [0.2, 0.25) is 5.02 Å². The van der Waals surface area contributed by atoms with Crippen LogP contribution in [0.1, 0.15) is 15.9 Å². The number of carbonyl (C=O) groups is 2. The van der Waals surface area contributed by atoms with Gasteiger partial charge in [-0.2, -0.15) is 0 Å². The van der Waals surface area contributed by atoms with Gasteiger partial charge in [0.15, 0.2) is 11.4 Å². The van der Waals surface area contributed by atoms with Crippen molar-refractivity contribution in [3.63, 3.8) is 0 Å². The van der Waals surface area contributed by atoms with Gasteiger partial charge in [-0.3, -0.25) is 14.2 Å². The zero-order valence-electron chi connectivity index (χ0n) is 16.7. The SMILES string of the molecule is COc1ccc(NC(=O)Cn2c(=O)oc3cc(C(=O)c4ccccc4F)c(Cl)cc32)cc1. The molecule has 0 atom stereocenters.